The van der Waals surface area contributed by atoms with Gasteiger partial charge < -0.3 is 14.0 Å². The fraction of sp³-hybridized carbons (Fsp3) is 0.333. The van der Waals surface area contributed by atoms with Crippen LogP contribution >= 0.6 is 34.9 Å². The van der Waals surface area contributed by atoms with Gasteiger partial charge in [0, 0.05) is 20.1 Å². The first kappa shape index (κ1) is 19.6. The topological polar surface area (TPSA) is 77.1 Å². The number of thiophene rings is 1. The van der Waals surface area contributed by atoms with Crippen LogP contribution < -0.4 is 0 Å². The van der Waals surface area contributed by atoms with Crippen LogP contribution in [-0.4, -0.2) is 28.4 Å². The molecule has 2 aromatic heterocycles. The number of nitrogens with one attached hydrogen (secondary N) is 1. The summed E-state index contributed by atoms with van der Waals surface area (Å²) in [4.78, 5) is 2.47. The first-order valence-corrected chi connectivity index (χ1v) is 10.8. The number of hydrogen-bond acceptors (Lipinski definition) is 6. The number of hydrogen-bond donors (Lipinski definition) is 1. The van der Waals surface area contributed by atoms with Gasteiger partial charge in [0.2, 0.25) is 0 Å². The van der Waals surface area contributed by atoms with Crippen molar-refractivity contribution in [3.63, 3.8) is 0 Å². The first-order valence-electron chi connectivity index (χ1n) is 7.70. The third kappa shape index (κ3) is 3.25. The van der Waals surface area contributed by atoms with Crippen LogP contribution in [0, 0.1) is 0 Å². The van der Waals surface area contributed by atoms with Crippen molar-refractivity contribution in [1.29, 1.82) is 0 Å². The van der Waals surface area contributed by atoms with Gasteiger partial charge in [-0.25, -0.2) is 0 Å². The average molecular weight is 466 g/mol. The van der Waals surface area contributed by atoms with Crippen molar-refractivity contribution in [2.24, 2.45) is 0 Å². The first-order chi connectivity index (χ1) is 12.3. The van der Waals surface area contributed by atoms with Crippen molar-refractivity contribution < 1.29 is 22.4 Å². The van der Waals surface area contributed by atoms with Gasteiger partial charge >= 0.3 is 13.3 Å². The van der Waals surface area contributed by atoms with Crippen molar-refractivity contribution in [2.45, 2.75) is 19.5 Å². The molecule has 0 aliphatic rings. The summed E-state index contributed by atoms with van der Waals surface area (Å²) in [6.45, 7) is 2.69. The number of benzene rings is 1. The smallest absolute Gasteiger partial charge is 0.328 e. The molecule has 140 valence electrons. The van der Waals surface area contributed by atoms with Gasteiger partial charge in [-0.05, 0) is 48.0 Å². The van der Waals surface area contributed by atoms with Crippen LogP contribution in [0.3, 0.4) is 0 Å². The molecule has 0 unspecified atom stereocenters. The zero-order valence-electron chi connectivity index (χ0n) is 13.8. The Bertz CT molecular complexity index is 955. The predicted molar refractivity (Wildman–Crippen MR) is 99.7 cm³/mol. The van der Waals surface area contributed by atoms with Crippen LogP contribution in [0.1, 0.15) is 18.7 Å². The number of rotatable bonds is 7. The molecule has 0 bridgehead atoms. The molecule has 0 amide bonds. The van der Waals surface area contributed by atoms with E-state index >= 15 is 8.78 Å². The van der Waals surface area contributed by atoms with Crippen LogP contribution in [0.2, 0.25) is 0 Å². The molecule has 6 nitrogen and oxygen atoms in total. The fourth-order valence-corrected chi connectivity index (χ4v) is 6.38. The molecule has 0 saturated heterocycles. The zero-order chi connectivity index (χ0) is 18.9. The Morgan fingerprint density at radius 2 is 2.00 bits per heavy atom. The van der Waals surface area contributed by atoms with Crippen molar-refractivity contribution in [2.75, 3.05) is 13.2 Å². The van der Waals surface area contributed by atoms with E-state index in [1.807, 2.05) is 0 Å². The van der Waals surface area contributed by atoms with E-state index in [9.17, 15) is 4.57 Å². The minimum absolute atomic E-state index is 0.148. The minimum atomic E-state index is -4.67. The van der Waals surface area contributed by atoms with Crippen LogP contribution in [0.15, 0.2) is 29.0 Å². The fourth-order valence-electron chi connectivity index (χ4n) is 2.42. The third-order valence-electron chi connectivity index (χ3n) is 3.53. The number of aromatic nitrogens is 3. The van der Waals surface area contributed by atoms with Crippen molar-refractivity contribution in [3.8, 4) is 11.4 Å². The van der Waals surface area contributed by atoms with Crippen LogP contribution in [-0.2, 0) is 19.3 Å². The lowest BCUT2D eigenvalue weighted by Gasteiger charge is -2.25. The summed E-state index contributed by atoms with van der Waals surface area (Å²) in [6.07, 6.45) is 1.43. The second-order valence-electron chi connectivity index (χ2n) is 5.17. The molecule has 3 rings (SSSR count). The van der Waals surface area contributed by atoms with E-state index < -0.39 is 18.1 Å². The van der Waals surface area contributed by atoms with Gasteiger partial charge in [0.25, 0.3) is 0 Å². The SMILES string of the molecule is CCOP(=O)(OCC)C(F)(F)c1sc2ccc(-c3nnc[nH]3)cc2c1Br. The molecular formula is C15H15BrF2N3O3PS. The highest BCUT2D eigenvalue weighted by molar-refractivity contribution is 9.10. The summed E-state index contributed by atoms with van der Waals surface area (Å²) in [5.74, 6) is 0.521. The highest BCUT2D eigenvalue weighted by Crippen LogP contribution is 2.69. The summed E-state index contributed by atoms with van der Waals surface area (Å²) in [7, 11) is -4.67. The van der Waals surface area contributed by atoms with Gasteiger partial charge in [0.1, 0.15) is 11.2 Å². The second kappa shape index (κ2) is 7.44. The normalized spacial score (nSPS) is 12.8. The Labute approximate surface area is 160 Å². The molecule has 0 fully saturated rings. The molecule has 0 aliphatic carbocycles. The van der Waals surface area contributed by atoms with Crippen molar-refractivity contribution in [1.82, 2.24) is 15.2 Å². The van der Waals surface area contributed by atoms with Gasteiger partial charge in [-0.2, -0.15) is 8.78 Å². The molecule has 0 saturated carbocycles. The molecule has 0 aliphatic heterocycles. The monoisotopic (exact) mass is 465 g/mol. The van der Waals surface area contributed by atoms with Crippen LogP contribution in [0.5, 0.6) is 0 Å². The summed E-state index contributed by atoms with van der Waals surface area (Å²) in [5.41, 5.74) is -3.09. The lowest BCUT2D eigenvalue weighted by atomic mass is 10.1. The molecule has 1 aromatic carbocycles. The maximum atomic E-state index is 15.1. The lowest BCUT2D eigenvalue weighted by molar-refractivity contribution is 0.0387. The molecule has 11 heteroatoms. The maximum Gasteiger partial charge on any atom is 0.405 e. The average Bonchev–Trinajstić information content (AvgIpc) is 3.23. The maximum absolute atomic E-state index is 15.1. The Balaban J connectivity index is 2.12. The minimum Gasteiger partial charge on any atom is -0.328 e. The van der Waals surface area contributed by atoms with E-state index in [4.69, 9.17) is 9.05 Å². The van der Waals surface area contributed by atoms with Gasteiger partial charge in [-0.3, -0.25) is 4.57 Å². The number of H-pyrrole nitrogens is 1. The molecule has 0 radical (unpaired) electrons. The molecular weight excluding hydrogens is 451 g/mol. The third-order valence-corrected chi connectivity index (χ3v) is 8.12. The van der Waals surface area contributed by atoms with E-state index in [0.29, 0.717) is 21.5 Å². The van der Waals surface area contributed by atoms with Crippen molar-refractivity contribution >= 4 is 44.9 Å². The van der Waals surface area contributed by atoms with Crippen LogP contribution in [0.4, 0.5) is 8.78 Å². The standard InChI is InChI=1S/C15H15BrF2N3O3PS/c1-3-23-25(22,24-4-2)15(17,18)13-12(16)10-7-9(5-6-11(10)26-13)14-19-8-20-21-14/h5-8H,3-4H2,1-2H3,(H,19,20,21). The number of alkyl halides is 2. The number of halogens is 3. The molecule has 1 N–H and O–H groups in total. The Hall–Kier alpha value is -1.19. The highest BCUT2D eigenvalue weighted by Gasteiger charge is 2.57. The summed E-state index contributed by atoms with van der Waals surface area (Å²) in [5, 5.41) is 8.18. The summed E-state index contributed by atoms with van der Waals surface area (Å²) < 4.78 is 53.4. The Morgan fingerprint density at radius 1 is 1.31 bits per heavy atom. The van der Waals surface area contributed by atoms with E-state index in [2.05, 4.69) is 31.1 Å². The van der Waals surface area contributed by atoms with E-state index in [0.717, 1.165) is 11.3 Å². The second-order valence-corrected chi connectivity index (χ2v) is 9.09. The van der Waals surface area contributed by atoms with Crippen LogP contribution in [0.25, 0.3) is 21.5 Å². The zero-order valence-corrected chi connectivity index (χ0v) is 17.1. The van der Waals surface area contributed by atoms with Gasteiger partial charge in [-0.15, -0.1) is 21.5 Å². The summed E-state index contributed by atoms with van der Waals surface area (Å²) >= 11 is 4.07. The lowest BCUT2D eigenvalue weighted by Crippen LogP contribution is -2.17. The number of fused-ring (bicyclic) bond motifs is 1. The van der Waals surface area contributed by atoms with Gasteiger partial charge in [0.15, 0.2) is 5.82 Å². The molecule has 26 heavy (non-hydrogen) atoms. The quantitative estimate of drug-likeness (QED) is 0.448. The van der Waals surface area contributed by atoms with Gasteiger partial charge in [0.05, 0.1) is 13.2 Å². The summed E-state index contributed by atoms with van der Waals surface area (Å²) in [6, 6.07) is 5.16. The highest BCUT2D eigenvalue weighted by atomic mass is 79.9. The Kier molecular flexibility index (Phi) is 5.60. The van der Waals surface area contributed by atoms with Crippen molar-refractivity contribution in [3.05, 3.63) is 33.9 Å². The van der Waals surface area contributed by atoms with E-state index in [1.54, 1.807) is 18.2 Å². The largest absolute Gasteiger partial charge is 0.405 e. The molecule has 0 spiro atoms. The number of nitrogens with zero attached hydrogens (tertiary/aromatic N) is 2. The molecule has 2 heterocycles. The van der Waals surface area contributed by atoms with E-state index in [-0.39, 0.29) is 17.7 Å². The van der Waals surface area contributed by atoms with E-state index in [1.165, 1.54) is 20.2 Å². The number of aromatic amines is 1. The molecule has 0 atom stereocenters. The van der Waals surface area contributed by atoms with Gasteiger partial charge in [-0.1, -0.05) is 0 Å². The molecule has 3 aromatic rings. The predicted octanol–water partition coefficient (Wildman–Crippen LogP) is 5.76. The Morgan fingerprint density at radius 3 is 2.58 bits per heavy atom.